The predicted molar refractivity (Wildman–Crippen MR) is 214 cm³/mol. The zero-order valence-corrected chi connectivity index (χ0v) is 32.1. The third-order valence-electron chi connectivity index (χ3n) is 11.9. The second-order valence-corrected chi connectivity index (χ2v) is 15.8. The zero-order chi connectivity index (χ0) is 38.1. The third-order valence-corrected chi connectivity index (χ3v) is 11.9. The SMILES string of the molecule is COc1ccc(C(=O)c2cc3ccc2C2CCC(O)(CN(Cc4ccccc4)CC(O)COCc4ccccc4)C2(C)CCC=C(C)CCC(O)C3)cc1. The van der Waals surface area contributed by atoms with Crippen LogP contribution >= 0.6 is 0 Å². The van der Waals surface area contributed by atoms with Crippen LogP contribution < -0.4 is 4.74 Å². The minimum absolute atomic E-state index is 0.0750. The number of hydrogen-bond donors (Lipinski definition) is 3. The van der Waals surface area contributed by atoms with Crippen LogP contribution in [0.4, 0.5) is 0 Å². The molecule has 5 atom stereocenters. The molecule has 0 aliphatic heterocycles. The Morgan fingerprint density at radius 1 is 0.926 bits per heavy atom. The highest BCUT2D eigenvalue weighted by molar-refractivity contribution is 6.10. The number of carbonyl (C=O) groups excluding carboxylic acids is 1. The summed E-state index contributed by atoms with van der Waals surface area (Å²) >= 11 is 0. The number of aliphatic hydroxyl groups is 3. The standard InChI is InChI=1S/C47H57NO6/c1-34-11-10-25-46(2)44(42-23-17-37(27-39(49)20-16-34)28-43(42)45(51)38-18-21-41(53-3)22-19-38)24-26-47(46,52)33-48(29-35-12-6-4-7-13-35)30-40(50)32-54-31-36-14-8-5-9-15-36/h4-9,11-15,17-19,21-23,28,39-40,44,49-50,52H,10,16,20,24-27,29-33H2,1-3H3. The third kappa shape index (κ3) is 9.57. The van der Waals surface area contributed by atoms with Gasteiger partial charge in [-0.2, -0.15) is 0 Å². The van der Waals surface area contributed by atoms with Gasteiger partial charge in [0.2, 0.25) is 0 Å². The van der Waals surface area contributed by atoms with Crippen molar-refractivity contribution in [3.63, 3.8) is 0 Å². The lowest BCUT2D eigenvalue weighted by Crippen LogP contribution is -2.53. The van der Waals surface area contributed by atoms with Gasteiger partial charge in [0.25, 0.3) is 0 Å². The molecule has 2 bridgehead atoms. The molecular formula is C47H57NO6. The van der Waals surface area contributed by atoms with Gasteiger partial charge in [-0.1, -0.05) is 91.4 Å². The van der Waals surface area contributed by atoms with Crippen molar-refractivity contribution in [2.75, 3.05) is 26.8 Å². The summed E-state index contributed by atoms with van der Waals surface area (Å²) in [6.07, 6.45) is 5.65. The number of methoxy groups -OCH3 is 1. The lowest BCUT2D eigenvalue weighted by atomic mass is 9.64. The number of ether oxygens (including phenoxy) is 2. The lowest BCUT2D eigenvalue weighted by molar-refractivity contribution is -0.0923. The molecule has 3 aliphatic carbocycles. The summed E-state index contributed by atoms with van der Waals surface area (Å²) in [7, 11) is 1.61. The van der Waals surface area contributed by atoms with E-state index in [4.69, 9.17) is 9.47 Å². The van der Waals surface area contributed by atoms with E-state index in [2.05, 4.69) is 49.1 Å². The van der Waals surface area contributed by atoms with E-state index >= 15 is 0 Å². The maximum Gasteiger partial charge on any atom is 0.193 e. The minimum atomic E-state index is -1.12. The fourth-order valence-electron chi connectivity index (χ4n) is 8.73. The predicted octanol–water partition coefficient (Wildman–Crippen LogP) is 8.04. The van der Waals surface area contributed by atoms with Crippen molar-refractivity contribution < 1.29 is 29.6 Å². The van der Waals surface area contributed by atoms with Crippen LogP contribution in [0.5, 0.6) is 5.75 Å². The molecule has 4 aromatic rings. The van der Waals surface area contributed by atoms with Crippen molar-refractivity contribution in [2.45, 2.75) is 95.7 Å². The number of hydrogen-bond acceptors (Lipinski definition) is 7. The molecule has 0 heterocycles. The van der Waals surface area contributed by atoms with Gasteiger partial charge < -0.3 is 24.8 Å². The molecule has 5 unspecified atom stereocenters. The van der Waals surface area contributed by atoms with Gasteiger partial charge in [0.1, 0.15) is 5.75 Å². The number of aliphatic hydroxyl groups excluding tert-OH is 2. The lowest BCUT2D eigenvalue weighted by Gasteiger charge is -2.46. The molecule has 0 amide bonds. The van der Waals surface area contributed by atoms with Crippen LogP contribution in [-0.4, -0.2) is 70.6 Å². The first-order valence-electron chi connectivity index (χ1n) is 19.5. The van der Waals surface area contributed by atoms with Crippen LogP contribution in [0.1, 0.15) is 96.5 Å². The Bertz CT molecular complexity index is 1840. The van der Waals surface area contributed by atoms with Crippen molar-refractivity contribution in [1.29, 1.82) is 0 Å². The van der Waals surface area contributed by atoms with Gasteiger partial charge in [-0.25, -0.2) is 0 Å². The van der Waals surface area contributed by atoms with Gasteiger partial charge in [0.05, 0.1) is 38.1 Å². The molecule has 1 saturated carbocycles. The Labute approximate surface area is 321 Å². The highest BCUT2D eigenvalue weighted by Crippen LogP contribution is 2.59. The Kier molecular flexibility index (Phi) is 13.2. The van der Waals surface area contributed by atoms with Crippen molar-refractivity contribution >= 4 is 5.78 Å². The van der Waals surface area contributed by atoms with Crippen LogP contribution in [0.2, 0.25) is 0 Å². The van der Waals surface area contributed by atoms with Crippen molar-refractivity contribution in [3.8, 4) is 5.75 Å². The van der Waals surface area contributed by atoms with Crippen molar-refractivity contribution in [1.82, 2.24) is 4.90 Å². The molecule has 7 nitrogen and oxygen atoms in total. The molecule has 54 heavy (non-hydrogen) atoms. The molecule has 0 aromatic heterocycles. The minimum Gasteiger partial charge on any atom is -0.497 e. The number of benzene rings is 4. The van der Waals surface area contributed by atoms with Gasteiger partial charge in [0, 0.05) is 36.2 Å². The van der Waals surface area contributed by atoms with Crippen LogP contribution in [0.3, 0.4) is 0 Å². The van der Waals surface area contributed by atoms with Gasteiger partial charge in [-0.15, -0.1) is 0 Å². The summed E-state index contributed by atoms with van der Waals surface area (Å²) in [6.45, 7) is 6.20. The second kappa shape index (κ2) is 18.0. The first kappa shape index (κ1) is 39.6. The summed E-state index contributed by atoms with van der Waals surface area (Å²) in [4.78, 5) is 16.6. The molecule has 286 valence electrons. The maximum absolute atomic E-state index is 14.4. The average molecular weight is 732 g/mol. The molecule has 0 saturated heterocycles. The number of allylic oxidation sites excluding steroid dienone is 2. The number of carbonyl (C=O) groups is 1. The van der Waals surface area contributed by atoms with E-state index in [-0.39, 0.29) is 18.3 Å². The summed E-state index contributed by atoms with van der Waals surface area (Å²) < 4.78 is 11.3. The largest absolute Gasteiger partial charge is 0.497 e. The summed E-state index contributed by atoms with van der Waals surface area (Å²) in [5.74, 6) is 0.504. The van der Waals surface area contributed by atoms with E-state index in [1.807, 2.05) is 66.7 Å². The normalized spacial score (nSPS) is 23.7. The summed E-state index contributed by atoms with van der Waals surface area (Å²) in [6, 6.07) is 33.5. The van der Waals surface area contributed by atoms with E-state index in [1.54, 1.807) is 19.2 Å². The maximum atomic E-state index is 14.4. The number of rotatable bonds is 13. The molecule has 0 spiro atoms. The molecule has 0 radical (unpaired) electrons. The summed E-state index contributed by atoms with van der Waals surface area (Å²) in [5.41, 5.74) is 4.73. The molecule has 1 fully saturated rings. The monoisotopic (exact) mass is 731 g/mol. The van der Waals surface area contributed by atoms with Gasteiger partial charge in [-0.3, -0.25) is 9.69 Å². The molecule has 7 heteroatoms. The highest BCUT2D eigenvalue weighted by Gasteiger charge is 2.57. The fraction of sp³-hybridized carbons (Fsp3) is 0.426. The molecular weight excluding hydrogens is 675 g/mol. The number of ketones is 1. The first-order valence-corrected chi connectivity index (χ1v) is 19.5. The fourth-order valence-corrected chi connectivity index (χ4v) is 8.73. The molecule has 7 rings (SSSR count). The summed E-state index contributed by atoms with van der Waals surface area (Å²) in [5, 5.41) is 35.4. The Morgan fingerprint density at radius 3 is 2.33 bits per heavy atom. The molecule has 3 aliphatic rings. The average Bonchev–Trinajstić information content (AvgIpc) is 3.42. The van der Waals surface area contributed by atoms with E-state index in [0.29, 0.717) is 75.2 Å². The number of fused-ring (bicyclic) bond motifs is 8. The first-order chi connectivity index (χ1) is 26.1. The van der Waals surface area contributed by atoms with E-state index in [0.717, 1.165) is 35.1 Å². The van der Waals surface area contributed by atoms with Crippen LogP contribution in [0, 0.1) is 5.41 Å². The Hall–Kier alpha value is -4.11. The van der Waals surface area contributed by atoms with Crippen molar-refractivity contribution in [2.24, 2.45) is 5.41 Å². The second-order valence-electron chi connectivity index (χ2n) is 15.8. The van der Waals surface area contributed by atoms with Crippen molar-refractivity contribution in [3.05, 3.63) is 148 Å². The van der Waals surface area contributed by atoms with Crippen LogP contribution in [0.25, 0.3) is 0 Å². The van der Waals surface area contributed by atoms with Gasteiger partial charge >= 0.3 is 0 Å². The van der Waals surface area contributed by atoms with Gasteiger partial charge in [0.15, 0.2) is 5.78 Å². The van der Waals surface area contributed by atoms with Crippen LogP contribution in [-0.2, 0) is 24.3 Å². The quantitative estimate of drug-likeness (QED) is 0.0946. The van der Waals surface area contributed by atoms with Crippen LogP contribution in [0.15, 0.2) is 115 Å². The highest BCUT2D eigenvalue weighted by atomic mass is 16.5. The Morgan fingerprint density at radius 2 is 1.63 bits per heavy atom. The smallest absolute Gasteiger partial charge is 0.193 e. The van der Waals surface area contributed by atoms with E-state index < -0.39 is 23.2 Å². The molecule has 4 aromatic carbocycles. The Balaban J connectivity index is 1.33. The number of nitrogens with zero attached hydrogens (tertiary/aromatic N) is 1. The zero-order valence-electron chi connectivity index (χ0n) is 32.1. The topological polar surface area (TPSA) is 99.5 Å². The van der Waals surface area contributed by atoms with Gasteiger partial charge in [-0.05, 0) is 110 Å². The van der Waals surface area contributed by atoms with E-state index in [9.17, 15) is 20.1 Å². The van der Waals surface area contributed by atoms with E-state index in [1.165, 1.54) is 5.57 Å². The molecule has 3 N–H and O–H groups in total.